The minimum atomic E-state index is 0.00213. The van der Waals surface area contributed by atoms with Gasteiger partial charge in [0.2, 0.25) is 5.69 Å². The third kappa shape index (κ3) is 5.87. The van der Waals surface area contributed by atoms with Gasteiger partial charge in [-0.1, -0.05) is 103 Å². The first-order valence-electron chi connectivity index (χ1n) is 17.1. The molecule has 0 fully saturated rings. The molecule has 0 atom stereocenters. The van der Waals surface area contributed by atoms with Crippen LogP contribution in [-0.2, 0) is 10.8 Å². The molecule has 2 heteroatoms. The van der Waals surface area contributed by atoms with E-state index in [2.05, 4.69) is 138 Å². The van der Waals surface area contributed by atoms with E-state index in [9.17, 15) is 0 Å². The number of hydrogen-bond acceptors (Lipinski definition) is 1. The van der Waals surface area contributed by atoms with Crippen molar-refractivity contribution in [1.82, 2.24) is 0 Å². The maximum absolute atomic E-state index is 2.60. The quantitative estimate of drug-likeness (QED) is 0.255. The molecule has 0 saturated heterocycles. The standard InChI is InChI=1S/C41H55N2/c1-9-11-28-42-35-22-15-13-20-33(35)40(5,6)37(42)26-24-31-18-17-19-32(39(31)30(3)4)25-27-38-41(7,8)34-21-14-16-23-36(34)43(38)29-12-10-2/h13-16,20-27,30H,9-12,17-19,28-29H2,1-8H3/q+1. The van der Waals surface area contributed by atoms with Crippen molar-refractivity contribution in [2.24, 2.45) is 5.92 Å². The fraction of sp³-hybridized carbons (Fsp3) is 0.488. The zero-order valence-electron chi connectivity index (χ0n) is 28.3. The van der Waals surface area contributed by atoms with Gasteiger partial charge in [-0.2, -0.15) is 4.58 Å². The highest BCUT2D eigenvalue weighted by atomic mass is 15.2. The fourth-order valence-corrected chi connectivity index (χ4v) is 7.79. The molecule has 0 saturated carbocycles. The van der Waals surface area contributed by atoms with Crippen LogP contribution in [0.1, 0.15) is 111 Å². The highest BCUT2D eigenvalue weighted by Crippen LogP contribution is 2.48. The second kappa shape index (κ2) is 12.8. The van der Waals surface area contributed by atoms with Crippen LogP contribution in [0.15, 0.2) is 95.3 Å². The van der Waals surface area contributed by atoms with Gasteiger partial charge in [0.1, 0.15) is 6.54 Å². The smallest absolute Gasteiger partial charge is 0.209 e. The van der Waals surface area contributed by atoms with Crippen molar-refractivity contribution < 1.29 is 4.58 Å². The molecule has 0 radical (unpaired) electrons. The molecule has 3 aliphatic rings. The predicted molar refractivity (Wildman–Crippen MR) is 187 cm³/mol. The van der Waals surface area contributed by atoms with Gasteiger partial charge in [0.25, 0.3) is 0 Å². The highest BCUT2D eigenvalue weighted by molar-refractivity contribution is 6.03. The second-order valence-corrected chi connectivity index (χ2v) is 14.2. The van der Waals surface area contributed by atoms with Gasteiger partial charge in [-0.15, -0.1) is 0 Å². The van der Waals surface area contributed by atoms with Gasteiger partial charge >= 0.3 is 0 Å². The van der Waals surface area contributed by atoms with Crippen LogP contribution in [0.5, 0.6) is 0 Å². The van der Waals surface area contributed by atoms with Crippen LogP contribution in [0.3, 0.4) is 0 Å². The third-order valence-electron chi connectivity index (χ3n) is 10.1. The Morgan fingerprint density at radius 3 is 2.23 bits per heavy atom. The second-order valence-electron chi connectivity index (χ2n) is 14.2. The van der Waals surface area contributed by atoms with Crippen molar-refractivity contribution in [1.29, 1.82) is 0 Å². The van der Waals surface area contributed by atoms with E-state index in [1.165, 1.54) is 77.2 Å². The number of anilines is 1. The number of para-hydroxylation sites is 2. The summed E-state index contributed by atoms with van der Waals surface area (Å²) < 4.78 is 2.60. The Bertz CT molecular complexity index is 1490. The van der Waals surface area contributed by atoms with E-state index in [1.54, 1.807) is 5.57 Å². The summed E-state index contributed by atoms with van der Waals surface area (Å²) in [5.74, 6) is 0.490. The summed E-state index contributed by atoms with van der Waals surface area (Å²) in [6.45, 7) is 21.1. The van der Waals surface area contributed by atoms with Crippen LogP contribution in [0, 0.1) is 5.92 Å². The number of nitrogens with zero attached hydrogens (tertiary/aromatic N) is 2. The number of allylic oxidation sites excluding steroid dienone is 8. The first-order valence-corrected chi connectivity index (χ1v) is 17.1. The van der Waals surface area contributed by atoms with Gasteiger partial charge in [-0.25, -0.2) is 0 Å². The summed E-state index contributed by atoms with van der Waals surface area (Å²) >= 11 is 0. The SMILES string of the molecule is CCCCN1/C(=C/C=C2\CCCC(/C=C/C3=[N+](CCCC)c4ccccc4C3(C)C)=C2C(C)C)C(C)(C)c2ccccc21. The van der Waals surface area contributed by atoms with Gasteiger partial charge in [-0.3, -0.25) is 0 Å². The zero-order valence-corrected chi connectivity index (χ0v) is 28.3. The van der Waals surface area contributed by atoms with Gasteiger partial charge in [0.15, 0.2) is 5.71 Å². The molecule has 2 nitrogen and oxygen atoms in total. The molecule has 5 rings (SSSR count). The molecule has 2 aromatic rings. The third-order valence-corrected chi connectivity index (χ3v) is 10.1. The Hall–Kier alpha value is -3.13. The first-order chi connectivity index (χ1) is 20.6. The molecule has 0 aromatic heterocycles. The molecule has 228 valence electrons. The number of benzene rings is 2. The van der Waals surface area contributed by atoms with Crippen molar-refractivity contribution >= 4 is 17.1 Å². The highest BCUT2D eigenvalue weighted by Gasteiger charge is 2.44. The van der Waals surface area contributed by atoms with E-state index in [4.69, 9.17) is 0 Å². The average Bonchev–Trinajstić information content (AvgIpc) is 3.34. The maximum Gasteiger partial charge on any atom is 0.209 e. The van der Waals surface area contributed by atoms with E-state index in [1.807, 2.05) is 0 Å². The topological polar surface area (TPSA) is 6.25 Å². The summed E-state index contributed by atoms with van der Waals surface area (Å²) in [6, 6.07) is 18.1. The van der Waals surface area contributed by atoms with Crippen LogP contribution >= 0.6 is 0 Å². The molecule has 2 aromatic carbocycles. The molecule has 0 N–H and O–H groups in total. The maximum atomic E-state index is 2.60. The summed E-state index contributed by atoms with van der Waals surface area (Å²) in [6.07, 6.45) is 18.3. The van der Waals surface area contributed by atoms with E-state index >= 15 is 0 Å². The molecule has 1 aliphatic carbocycles. The van der Waals surface area contributed by atoms with Crippen molar-refractivity contribution in [3.63, 3.8) is 0 Å². The molecular weight excluding hydrogens is 520 g/mol. The molecule has 0 amide bonds. The number of unbranched alkanes of at least 4 members (excludes halogenated alkanes) is 2. The molecular formula is C41H55N2+. The minimum Gasteiger partial charge on any atom is -0.344 e. The fourth-order valence-electron chi connectivity index (χ4n) is 7.79. The van der Waals surface area contributed by atoms with E-state index in [0.29, 0.717) is 5.92 Å². The summed E-state index contributed by atoms with van der Waals surface area (Å²) in [7, 11) is 0. The Balaban J connectivity index is 1.54. The lowest BCUT2D eigenvalue weighted by atomic mass is 9.79. The number of hydrogen-bond donors (Lipinski definition) is 0. The number of fused-ring (bicyclic) bond motifs is 2. The van der Waals surface area contributed by atoms with Crippen LogP contribution < -0.4 is 4.90 Å². The van der Waals surface area contributed by atoms with Gasteiger partial charge in [0, 0.05) is 47.5 Å². The monoisotopic (exact) mass is 575 g/mol. The first kappa shape index (κ1) is 31.3. The van der Waals surface area contributed by atoms with Crippen LogP contribution in [0.25, 0.3) is 0 Å². The van der Waals surface area contributed by atoms with Gasteiger partial charge in [-0.05, 0) is 79.9 Å². The lowest BCUT2D eigenvalue weighted by Gasteiger charge is -2.28. The zero-order chi connectivity index (χ0) is 30.8. The van der Waals surface area contributed by atoms with Crippen molar-refractivity contribution in [3.05, 3.63) is 106 Å². The van der Waals surface area contributed by atoms with Crippen molar-refractivity contribution in [3.8, 4) is 0 Å². The Kier molecular flexibility index (Phi) is 9.35. The Morgan fingerprint density at radius 2 is 1.51 bits per heavy atom. The molecule has 0 bridgehead atoms. The minimum absolute atomic E-state index is 0.00213. The van der Waals surface area contributed by atoms with E-state index < -0.39 is 0 Å². The largest absolute Gasteiger partial charge is 0.344 e. The van der Waals surface area contributed by atoms with Gasteiger partial charge < -0.3 is 4.90 Å². The Morgan fingerprint density at radius 1 is 0.814 bits per heavy atom. The molecule has 0 spiro atoms. The van der Waals surface area contributed by atoms with Crippen molar-refractivity contribution in [2.45, 2.75) is 111 Å². The van der Waals surface area contributed by atoms with Crippen molar-refractivity contribution in [2.75, 3.05) is 18.0 Å². The molecule has 0 unspecified atom stereocenters. The summed E-state index contributed by atoms with van der Waals surface area (Å²) in [4.78, 5) is 2.60. The average molecular weight is 576 g/mol. The van der Waals surface area contributed by atoms with E-state index in [-0.39, 0.29) is 10.8 Å². The number of rotatable bonds is 10. The van der Waals surface area contributed by atoms with Gasteiger partial charge in [0.05, 0.1) is 5.41 Å². The molecule has 43 heavy (non-hydrogen) atoms. The molecule has 2 aliphatic heterocycles. The lowest BCUT2D eigenvalue weighted by Crippen LogP contribution is -2.28. The normalized spacial score (nSPS) is 21.2. The predicted octanol–water partition coefficient (Wildman–Crippen LogP) is 11.0. The molecule has 2 heterocycles. The summed E-state index contributed by atoms with van der Waals surface area (Å²) in [5.41, 5.74) is 13.2. The van der Waals surface area contributed by atoms with E-state index in [0.717, 1.165) is 25.9 Å². The summed E-state index contributed by atoms with van der Waals surface area (Å²) in [5, 5.41) is 0. The van der Waals surface area contributed by atoms with Crippen LogP contribution in [0.4, 0.5) is 11.4 Å². The van der Waals surface area contributed by atoms with Crippen LogP contribution in [-0.4, -0.2) is 23.4 Å². The van der Waals surface area contributed by atoms with Crippen LogP contribution in [0.2, 0.25) is 0 Å². The Labute approximate surface area is 262 Å². The lowest BCUT2D eigenvalue weighted by molar-refractivity contribution is -0.438.